The summed E-state index contributed by atoms with van der Waals surface area (Å²) in [6, 6.07) is 4.17. The van der Waals surface area contributed by atoms with Gasteiger partial charge >= 0.3 is 0 Å². The van der Waals surface area contributed by atoms with E-state index in [1.54, 1.807) is 0 Å². The monoisotopic (exact) mass is 231 g/mol. The molecule has 1 saturated heterocycles. The molecule has 0 aliphatic carbocycles. The Morgan fingerprint density at radius 3 is 3.00 bits per heavy atom. The smallest absolute Gasteiger partial charge is 0.248 e. The Kier molecular flexibility index (Phi) is 2.33. The molecule has 2 heterocycles. The average Bonchev–Trinajstić information content (AvgIpc) is 2.28. The van der Waals surface area contributed by atoms with Crippen LogP contribution in [0.5, 0.6) is 0 Å². The van der Waals surface area contributed by atoms with E-state index in [9.17, 15) is 4.79 Å². The zero-order valence-corrected chi connectivity index (χ0v) is 10.2. The number of carbonyl (C=O) groups is 1. The summed E-state index contributed by atoms with van der Waals surface area (Å²) >= 11 is 0. The van der Waals surface area contributed by atoms with Crippen LogP contribution in [0.4, 0.5) is 11.4 Å². The summed E-state index contributed by atoms with van der Waals surface area (Å²) in [4.78, 5) is 14.3. The van der Waals surface area contributed by atoms with Crippen LogP contribution in [0.2, 0.25) is 0 Å². The van der Waals surface area contributed by atoms with Crippen LogP contribution in [0.15, 0.2) is 12.1 Å². The molecule has 2 N–H and O–H groups in total. The summed E-state index contributed by atoms with van der Waals surface area (Å²) in [5.41, 5.74) is 4.59. The highest BCUT2D eigenvalue weighted by Crippen LogP contribution is 2.36. The van der Waals surface area contributed by atoms with Crippen LogP contribution in [0.1, 0.15) is 11.1 Å². The first-order chi connectivity index (χ1) is 8.16. The number of hydrogen-bond acceptors (Lipinski definition) is 3. The van der Waals surface area contributed by atoms with E-state index in [2.05, 4.69) is 41.5 Å². The summed E-state index contributed by atoms with van der Waals surface area (Å²) in [6.45, 7) is 6.75. The lowest BCUT2D eigenvalue weighted by Gasteiger charge is -2.42. The maximum atomic E-state index is 12.0. The maximum Gasteiger partial charge on any atom is 0.248 e. The van der Waals surface area contributed by atoms with Crippen LogP contribution in [0.3, 0.4) is 0 Å². The fraction of sp³-hybridized carbons (Fsp3) is 0.462. The summed E-state index contributed by atoms with van der Waals surface area (Å²) in [7, 11) is 0. The van der Waals surface area contributed by atoms with Crippen molar-refractivity contribution < 1.29 is 4.79 Å². The number of aryl methyl sites for hydroxylation is 2. The topological polar surface area (TPSA) is 44.4 Å². The van der Waals surface area contributed by atoms with Crippen molar-refractivity contribution in [2.24, 2.45) is 0 Å². The third kappa shape index (κ3) is 1.60. The van der Waals surface area contributed by atoms with Gasteiger partial charge in [0.2, 0.25) is 5.91 Å². The molecule has 4 heteroatoms. The van der Waals surface area contributed by atoms with Crippen molar-refractivity contribution in [1.82, 2.24) is 5.32 Å². The predicted octanol–water partition coefficient (Wildman–Crippen LogP) is 1.03. The van der Waals surface area contributed by atoms with Crippen LogP contribution in [0.25, 0.3) is 0 Å². The van der Waals surface area contributed by atoms with Crippen LogP contribution < -0.4 is 15.5 Å². The van der Waals surface area contributed by atoms with E-state index in [-0.39, 0.29) is 11.9 Å². The number of carbonyl (C=O) groups excluding carboxylic acids is 1. The highest BCUT2D eigenvalue weighted by atomic mass is 16.2. The van der Waals surface area contributed by atoms with E-state index in [4.69, 9.17) is 0 Å². The lowest BCUT2D eigenvalue weighted by atomic mass is 10.0. The fourth-order valence-corrected chi connectivity index (χ4v) is 2.86. The highest BCUT2D eigenvalue weighted by Gasteiger charge is 2.35. The van der Waals surface area contributed by atoms with Gasteiger partial charge in [-0.25, -0.2) is 0 Å². The number of hydrogen-bond donors (Lipinski definition) is 2. The van der Waals surface area contributed by atoms with Crippen molar-refractivity contribution in [2.45, 2.75) is 19.9 Å². The van der Waals surface area contributed by atoms with Crippen LogP contribution in [-0.2, 0) is 4.79 Å². The molecule has 1 amide bonds. The predicted molar refractivity (Wildman–Crippen MR) is 68.5 cm³/mol. The van der Waals surface area contributed by atoms with Crippen molar-refractivity contribution in [3.05, 3.63) is 23.3 Å². The molecule has 1 unspecified atom stereocenters. The molecular weight excluding hydrogens is 214 g/mol. The fourth-order valence-electron chi connectivity index (χ4n) is 2.86. The van der Waals surface area contributed by atoms with Gasteiger partial charge < -0.3 is 15.5 Å². The second-order valence-corrected chi connectivity index (χ2v) is 4.88. The largest absolute Gasteiger partial charge is 0.355 e. The first-order valence-corrected chi connectivity index (χ1v) is 6.06. The second kappa shape index (κ2) is 3.74. The van der Waals surface area contributed by atoms with E-state index in [0.717, 1.165) is 25.3 Å². The number of fused-ring (bicyclic) bond motifs is 3. The number of piperazine rings is 1. The molecule has 0 spiro atoms. The Labute approximate surface area is 101 Å². The van der Waals surface area contributed by atoms with Crippen LogP contribution in [-0.4, -0.2) is 31.6 Å². The molecule has 1 fully saturated rings. The van der Waals surface area contributed by atoms with E-state index in [1.807, 2.05) is 0 Å². The van der Waals surface area contributed by atoms with E-state index >= 15 is 0 Å². The number of rotatable bonds is 0. The Morgan fingerprint density at radius 1 is 1.35 bits per heavy atom. The number of nitrogens with one attached hydrogen (secondary N) is 2. The first kappa shape index (κ1) is 10.6. The van der Waals surface area contributed by atoms with Gasteiger partial charge in [-0.05, 0) is 31.0 Å². The number of anilines is 2. The first-order valence-electron chi connectivity index (χ1n) is 6.06. The lowest BCUT2D eigenvalue weighted by molar-refractivity contribution is -0.117. The van der Waals surface area contributed by atoms with Gasteiger partial charge in [0.15, 0.2) is 0 Å². The Bertz CT molecular complexity index is 484. The minimum absolute atomic E-state index is 0.0577. The van der Waals surface area contributed by atoms with Crippen molar-refractivity contribution in [3.8, 4) is 0 Å². The van der Waals surface area contributed by atoms with Gasteiger partial charge in [0.05, 0.1) is 11.4 Å². The standard InChI is InChI=1S/C13H17N3O/c1-8-5-9(2)12-10(6-8)15-13(17)11-7-14-3-4-16(11)12/h5-6,11,14H,3-4,7H2,1-2H3,(H,15,17). The van der Waals surface area contributed by atoms with Gasteiger partial charge in [-0.3, -0.25) is 4.79 Å². The maximum absolute atomic E-state index is 12.0. The molecule has 1 aromatic rings. The van der Waals surface area contributed by atoms with E-state index in [0.29, 0.717) is 0 Å². The molecular formula is C13H17N3O. The Hall–Kier alpha value is -1.55. The number of nitrogens with zero attached hydrogens (tertiary/aromatic N) is 1. The van der Waals surface area contributed by atoms with Crippen molar-refractivity contribution >= 4 is 17.3 Å². The van der Waals surface area contributed by atoms with Gasteiger partial charge in [-0.1, -0.05) is 6.07 Å². The quantitative estimate of drug-likeness (QED) is 0.701. The number of amides is 1. The molecule has 90 valence electrons. The minimum Gasteiger partial charge on any atom is -0.355 e. The molecule has 2 aliphatic heterocycles. The SMILES string of the molecule is Cc1cc(C)c2c(c1)NC(=O)C1CNCCN21. The summed E-state index contributed by atoms with van der Waals surface area (Å²) < 4.78 is 0. The highest BCUT2D eigenvalue weighted by molar-refractivity contribution is 6.04. The summed E-state index contributed by atoms with van der Waals surface area (Å²) in [5.74, 6) is 0.106. The Balaban J connectivity index is 2.13. The van der Waals surface area contributed by atoms with Gasteiger partial charge in [0.25, 0.3) is 0 Å². The van der Waals surface area contributed by atoms with Crippen molar-refractivity contribution in [2.75, 3.05) is 29.9 Å². The van der Waals surface area contributed by atoms with E-state index in [1.165, 1.54) is 16.8 Å². The van der Waals surface area contributed by atoms with Crippen molar-refractivity contribution in [1.29, 1.82) is 0 Å². The molecule has 0 bridgehead atoms. The third-order valence-electron chi connectivity index (χ3n) is 3.54. The normalized spacial score (nSPS) is 22.8. The summed E-state index contributed by atoms with van der Waals surface area (Å²) in [6.07, 6.45) is 0. The molecule has 17 heavy (non-hydrogen) atoms. The van der Waals surface area contributed by atoms with Crippen LogP contribution >= 0.6 is 0 Å². The molecule has 0 aromatic heterocycles. The minimum atomic E-state index is -0.0577. The zero-order valence-electron chi connectivity index (χ0n) is 10.2. The van der Waals surface area contributed by atoms with Crippen LogP contribution in [0, 0.1) is 13.8 Å². The second-order valence-electron chi connectivity index (χ2n) is 4.88. The summed E-state index contributed by atoms with van der Waals surface area (Å²) in [5, 5.41) is 6.29. The third-order valence-corrected chi connectivity index (χ3v) is 3.54. The average molecular weight is 231 g/mol. The van der Waals surface area contributed by atoms with Crippen molar-refractivity contribution in [3.63, 3.8) is 0 Å². The van der Waals surface area contributed by atoms with E-state index < -0.39 is 0 Å². The Morgan fingerprint density at radius 2 is 2.18 bits per heavy atom. The number of benzene rings is 1. The lowest BCUT2D eigenvalue weighted by Crippen LogP contribution is -2.59. The molecule has 1 aromatic carbocycles. The van der Waals surface area contributed by atoms with Gasteiger partial charge in [0, 0.05) is 19.6 Å². The van der Waals surface area contributed by atoms with Gasteiger partial charge in [-0.15, -0.1) is 0 Å². The molecule has 4 nitrogen and oxygen atoms in total. The molecule has 0 saturated carbocycles. The zero-order chi connectivity index (χ0) is 12.0. The molecule has 0 radical (unpaired) electrons. The van der Waals surface area contributed by atoms with Gasteiger partial charge in [0.1, 0.15) is 6.04 Å². The molecule has 2 aliphatic rings. The molecule has 3 rings (SSSR count). The molecule has 1 atom stereocenters. The van der Waals surface area contributed by atoms with Gasteiger partial charge in [-0.2, -0.15) is 0 Å².